The van der Waals surface area contributed by atoms with Crippen LogP contribution >= 0.6 is 0 Å². The first-order valence-electron chi connectivity index (χ1n) is 9.54. The van der Waals surface area contributed by atoms with Crippen LogP contribution in [0.1, 0.15) is 18.2 Å². The molecule has 0 bridgehead atoms. The van der Waals surface area contributed by atoms with Crippen LogP contribution in [-0.2, 0) is 0 Å². The number of benzene rings is 2. The van der Waals surface area contributed by atoms with Crippen LogP contribution in [0.3, 0.4) is 0 Å². The summed E-state index contributed by atoms with van der Waals surface area (Å²) in [6.07, 6.45) is 3.70. The topological polar surface area (TPSA) is 19.4 Å². The van der Waals surface area contributed by atoms with Gasteiger partial charge in [0, 0.05) is 37.1 Å². The quantitative estimate of drug-likeness (QED) is 0.672. The van der Waals surface area contributed by atoms with Crippen LogP contribution in [0.15, 0.2) is 54.6 Å². The molecule has 1 aliphatic rings. The summed E-state index contributed by atoms with van der Waals surface area (Å²) in [6, 6.07) is 17.2. The lowest BCUT2D eigenvalue weighted by Crippen LogP contribution is -2.46. The van der Waals surface area contributed by atoms with Crippen molar-refractivity contribution >= 4 is 28.7 Å². The van der Waals surface area contributed by atoms with Crippen LogP contribution in [0, 0.1) is 5.82 Å². The third-order valence-corrected chi connectivity index (χ3v) is 5.20. The highest BCUT2D eigenvalue weighted by Gasteiger charge is 2.19. The van der Waals surface area contributed by atoms with E-state index >= 15 is 0 Å². The fraction of sp³-hybridized carbons (Fsp3) is 0.261. The molecule has 1 fully saturated rings. The second kappa shape index (κ2) is 7.89. The molecule has 3 nitrogen and oxygen atoms in total. The smallest absolute Gasteiger partial charge is 0.137 e. The number of piperazine rings is 1. The number of hydrogen-bond acceptors (Lipinski definition) is 3. The molecule has 3 aromatic rings. The van der Waals surface area contributed by atoms with Crippen molar-refractivity contribution in [2.45, 2.75) is 6.92 Å². The molecule has 0 unspecified atom stereocenters. The molecule has 4 rings (SSSR count). The molecule has 27 heavy (non-hydrogen) atoms. The monoisotopic (exact) mass is 361 g/mol. The lowest BCUT2D eigenvalue weighted by Gasteiger charge is -2.35. The molecule has 0 N–H and O–H groups in total. The van der Waals surface area contributed by atoms with E-state index in [-0.39, 0.29) is 5.82 Å². The van der Waals surface area contributed by atoms with Crippen LogP contribution in [0.4, 0.5) is 10.2 Å². The Balaban J connectivity index is 1.69. The molecular formula is C23H24FN3. The fourth-order valence-corrected chi connectivity index (χ4v) is 3.59. The van der Waals surface area contributed by atoms with Gasteiger partial charge in [0.15, 0.2) is 0 Å². The highest BCUT2D eigenvalue weighted by atomic mass is 19.1. The van der Waals surface area contributed by atoms with Crippen molar-refractivity contribution < 1.29 is 4.39 Å². The molecule has 0 spiro atoms. The van der Waals surface area contributed by atoms with Gasteiger partial charge in [0.05, 0.1) is 5.69 Å². The summed E-state index contributed by atoms with van der Waals surface area (Å²) in [7, 11) is 0. The van der Waals surface area contributed by atoms with Crippen molar-refractivity contribution in [3.05, 3.63) is 71.7 Å². The molecule has 138 valence electrons. The average Bonchev–Trinajstić information content (AvgIpc) is 2.72. The van der Waals surface area contributed by atoms with E-state index in [9.17, 15) is 4.39 Å². The Hall–Kier alpha value is -2.72. The van der Waals surface area contributed by atoms with Crippen molar-refractivity contribution in [1.82, 2.24) is 9.88 Å². The Morgan fingerprint density at radius 3 is 2.48 bits per heavy atom. The summed E-state index contributed by atoms with van der Waals surface area (Å²) in [5.74, 6) is 0.808. The van der Waals surface area contributed by atoms with Crippen LogP contribution in [0.5, 0.6) is 0 Å². The second-order valence-corrected chi connectivity index (χ2v) is 6.87. The van der Waals surface area contributed by atoms with Gasteiger partial charge in [0.25, 0.3) is 0 Å². The first-order chi connectivity index (χ1) is 13.2. The maximum Gasteiger partial charge on any atom is 0.137 e. The number of halogens is 1. The van der Waals surface area contributed by atoms with E-state index in [1.165, 1.54) is 11.5 Å². The molecule has 2 aromatic carbocycles. The third-order valence-electron chi connectivity index (χ3n) is 5.20. The SMILES string of the molecule is CCN1CCN(c2nc(C=Cc3ccccc3F)cc3ccccc23)CC1. The van der Waals surface area contributed by atoms with E-state index in [1.54, 1.807) is 18.2 Å². The van der Waals surface area contributed by atoms with Gasteiger partial charge in [-0.1, -0.05) is 49.4 Å². The van der Waals surface area contributed by atoms with Crippen LogP contribution in [0.2, 0.25) is 0 Å². The van der Waals surface area contributed by atoms with Gasteiger partial charge in [-0.05, 0) is 36.2 Å². The fourth-order valence-electron chi connectivity index (χ4n) is 3.59. The maximum absolute atomic E-state index is 13.9. The number of hydrogen-bond donors (Lipinski definition) is 0. The Morgan fingerprint density at radius 1 is 0.963 bits per heavy atom. The second-order valence-electron chi connectivity index (χ2n) is 6.87. The minimum Gasteiger partial charge on any atom is -0.354 e. The summed E-state index contributed by atoms with van der Waals surface area (Å²) in [5, 5.41) is 2.33. The highest BCUT2D eigenvalue weighted by molar-refractivity contribution is 5.94. The molecule has 0 saturated carbocycles. The average molecular weight is 361 g/mol. The van der Waals surface area contributed by atoms with E-state index in [2.05, 4.69) is 41.0 Å². The number of pyridine rings is 1. The van der Waals surface area contributed by atoms with E-state index in [0.717, 1.165) is 49.6 Å². The number of anilines is 1. The van der Waals surface area contributed by atoms with Crippen molar-refractivity contribution in [2.24, 2.45) is 0 Å². The predicted octanol–water partition coefficient (Wildman–Crippen LogP) is 4.69. The Kier molecular flexibility index (Phi) is 5.16. The lowest BCUT2D eigenvalue weighted by molar-refractivity contribution is 0.271. The molecule has 1 aliphatic heterocycles. The number of fused-ring (bicyclic) bond motifs is 1. The van der Waals surface area contributed by atoms with Crippen LogP contribution < -0.4 is 4.90 Å². The van der Waals surface area contributed by atoms with Gasteiger partial charge in [-0.25, -0.2) is 9.37 Å². The molecule has 4 heteroatoms. The minimum absolute atomic E-state index is 0.217. The molecule has 0 amide bonds. The first kappa shape index (κ1) is 17.7. The zero-order chi connectivity index (χ0) is 18.6. The van der Waals surface area contributed by atoms with Crippen LogP contribution in [-0.4, -0.2) is 42.6 Å². The number of likely N-dealkylation sites (N-methyl/N-ethyl adjacent to an activating group) is 1. The van der Waals surface area contributed by atoms with Crippen molar-refractivity contribution in [3.8, 4) is 0 Å². The number of aromatic nitrogens is 1. The Bertz CT molecular complexity index is 959. The summed E-state index contributed by atoms with van der Waals surface area (Å²) in [5.41, 5.74) is 1.43. The van der Waals surface area contributed by atoms with E-state index in [0.29, 0.717) is 5.56 Å². The lowest BCUT2D eigenvalue weighted by atomic mass is 10.1. The molecule has 1 aromatic heterocycles. The van der Waals surface area contributed by atoms with Gasteiger partial charge in [0.2, 0.25) is 0 Å². The van der Waals surface area contributed by atoms with Gasteiger partial charge >= 0.3 is 0 Å². The highest BCUT2D eigenvalue weighted by Crippen LogP contribution is 2.27. The summed E-state index contributed by atoms with van der Waals surface area (Å²) < 4.78 is 13.9. The molecule has 1 saturated heterocycles. The van der Waals surface area contributed by atoms with Gasteiger partial charge in [-0.15, -0.1) is 0 Å². The Labute approximate surface area is 159 Å². The van der Waals surface area contributed by atoms with Crippen molar-refractivity contribution in [1.29, 1.82) is 0 Å². The number of nitrogens with zero attached hydrogens (tertiary/aromatic N) is 3. The van der Waals surface area contributed by atoms with Gasteiger partial charge < -0.3 is 9.80 Å². The van der Waals surface area contributed by atoms with Gasteiger partial charge in [-0.2, -0.15) is 0 Å². The van der Waals surface area contributed by atoms with Crippen molar-refractivity contribution in [2.75, 3.05) is 37.6 Å². The molecular weight excluding hydrogens is 337 g/mol. The molecule has 2 heterocycles. The molecule has 0 radical (unpaired) electrons. The molecule has 0 aliphatic carbocycles. The predicted molar refractivity (Wildman–Crippen MR) is 111 cm³/mol. The van der Waals surface area contributed by atoms with Gasteiger partial charge in [0.1, 0.15) is 11.6 Å². The van der Waals surface area contributed by atoms with Crippen LogP contribution in [0.25, 0.3) is 22.9 Å². The largest absolute Gasteiger partial charge is 0.354 e. The van der Waals surface area contributed by atoms with E-state index in [4.69, 9.17) is 4.98 Å². The summed E-state index contributed by atoms with van der Waals surface area (Å²) in [4.78, 5) is 9.75. The molecule has 0 atom stereocenters. The summed E-state index contributed by atoms with van der Waals surface area (Å²) in [6.45, 7) is 7.37. The standard InChI is InChI=1S/C23H24FN3/c1-2-26-13-15-27(16-14-26)23-21-9-5-3-8-19(21)17-20(25-23)12-11-18-7-4-6-10-22(18)24/h3-12,17H,2,13-16H2,1H3. The van der Waals surface area contributed by atoms with Crippen molar-refractivity contribution in [3.63, 3.8) is 0 Å². The summed E-state index contributed by atoms with van der Waals surface area (Å²) >= 11 is 0. The maximum atomic E-state index is 13.9. The number of rotatable bonds is 4. The van der Waals surface area contributed by atoms with E-state index in [1.807, 2.05) is 18.2 Å². The van der Waals surface area contributed by atoms with E-state index < -0.39 is 0 Å². The Morgan fingerprint density at radius 2 is 1.70 bits per heavy atom. The third kappa shape index (κ3) is 3.86. The first-order valence-corrected chi connectivity index (χ1v) is 9.54. The van der Waals surface area contributed by atoms with Gasteiger partial charge in [-0.3, -0.25) is 0 Å². The zero-order valence-corrected chi connectivity index (χ0v) is 15.6. The zero-order valence-electron chi connectivity index (χ0n) is 15.6. The minimum atomic E-state index is -0.217. The normalized spacial score (nSPS) is 15.7.